The van der Waals surface area contributed by atoms with Crippen molar-refractivity contribution in [3.63, 3.8) is 0 Å². The Labute approximate surface area is 211 Å². The Morgan fingerprint density at radius 3 is 1.64 bits per heavy atom. The largest absolute Gasteiger partial charge is 0.477 e. The van der Waals surface area contributed by atoms with E-state index in [1.165, 1.54) is 0 Å². The van der Waals surface area contributed by atoms with Gasteiger partial charge in [0, 0.05) is 27.7 Å². The van der Waals surface area contributed by atoms with E-state index in [-0.39, 0.29) is 13.2 Å². The first-order valence-corrected chi connectivity index (χ1v) is 13.3. The molecule has 0 aromatic rings. The van der Waals surface area contributed by atoms with Gasteiger partial charge in [-0.25, -0.2) is 4.57 Å². The summed E-state index contributed by atoms with van der Waals surface area (Å²) in [5.41, 5.74) is 0. The smallest absolute Gasteiger partial charge is 0.463 e. The topological polar surface area (TPSA) is 159 Å². The van der Waals surface area contributed by atoms with Gasteiger partial charge in [0.2, 0.25) is 6.29 Å². The van der Waals surface area contributed by atoms with Crippen LogP contribution in [-0.2, 0) is 61.0 Å². The summed E-state index contributed by atoms with van der Waals surface area (Å²) < 4.78 is 56.7. The van der Waals surface area contributed by atoms with Crippen LogP contribution in [0.2, 0.25) is 0 Å². The van der Waals surface area contributed by atoms with Gasteiger partial charge in [0.15, 0.2) is 18.3 Å². The van der Waals surface area contributed by atoms with Crippen molar-refractivity contribution in [1.29, 1.82) is 0 Å². The number of hydrogen-bond acceptors (Lipinski definition) is 13. The standard InChI is InChI=1S/C22H37O13P/c1-7-9-11-29-36(27,30-12-10-8-2)35-22-21(33-17(6)26)20(32-16(5)25)19(31-15(4)24)18(34-22)13-28-14(3)23/h18-22H,7-13H2,1-6H3/t18-,19+,20+,21-,22+/m1/s1. The van der Waals surface area contributed by atoms with Crippen molar-refractivity contribution in [3.8, 4) is 0 Å². The minimum atomic E-state index is -4.27. The van der Waals surface area contributed by atoms with Crippen LogP contribution >= 0.6 is 7.82 Å². The minimum Gasteiger partial charge on any atom is -0.463 e. The van der Waals surface area contributed by atoms with Gasteiger partial charge in [0.1, 0.15) is 12.7 Å². The number of rotatable bonds is 15. The zero-order valence-corrected chi connectivity index (χ0v) is 22.5. The van der Waals surface area contributed by atoms with E-state index >= 15 is 0 Å². The maximum Gasteiger partial charge on any atom is 0.477 e. The van der Waals surface area contributed by atoms with Crippen molar-refractivity contribution < 1.29 is 61.0 Å². The average molecular weight is 540 g/mol. The second-order valence-corrected chi connectivity index (χ2v) is 9.62. The van der Waals surface area contributed by atoms with Crippen molar-refractivity contribution in [2.45, 2.75) is 97.9 Å². The fourth-order valence-electron chi connectivity index (χ4n) is 3.14. The molecule has 0 aromatic carbocycles. The second kappa shape index (κ2) is 15.9. The van der Waals surface area contributed by atoms with Crippen LogP contribution in [0.4, 0.5) is 0 Å². The Kier molecular flexibility index (Phi) is 14.2. The Morgan fingerprint density at radius 1 is 0.722 bits per heavy atom. The van der Waals surface area contributed by atoms with Crippen molar-refractivity contribution >= 4 is 31.7 Å². The van der Waals surface area contributed by atoms with E-state index in [9.17, 15) is 23.7 Å². The lowest BCUT2D eigenvalue weighted by atomic mass is 9.98. The van der Waals surface area contributed by atoms with Crippen LogP contribution in [0, 0.1) is 0 Å². The van der Waals surface area contributed by atoms with Gasteiger partial charge in [-0.3, -0.25) is 32.7 Å². The van der Waals surface area contributed by atoms with Crippen LogP contribution in [0.25, 0.3) is 0 Å². The van der Waals surface area contributed by atoms with E-state index < -0.39 is 69.0 Å². The molecule has 13 nitrogen and oxygen atoms in total. The van der Waals surface area contributed by atoms with Gasteiger partial charge in [-0.05, 0) is 12.8 Å². The highest BCUT2D eigenvalue weighted by atomic mass is 31.2. The predicted octanol–water partition coefficient (Wildman–Crippen LogP) is 2.83. The molecule has 0 spiro atoms. The molecule has 0 bridgehead atoms. The number of unbranched alkanes of at least 4 members (excludes halogenated alkanes) is 2. The number of carbonyl (C=O) groups is 4. The van der Waals surface area contributed by atoms with Gasteiger partial charge in [-0.2, -0.15) is 0 Å². The number of esters is 4. The van der Waals surface area contributed by atoms with Gasteiger partial charge in [-0.1, -0.05) is 26.7 Å². The van der Waals surface area contributed by atoms with Crippen molar-refractivity contribution in [3.05, 3.63) is 0 Å². The van der Waals surface area contributed by atoms with E-state index in [2.05, 4.69) is 0 Å². The highest BCUT2D eigenvalue weighted by molar-refractivity contribution is 7.48. The zero-order valence-electron chi connectivity index (χ0n) is 21.6. The summed E-state index contributed by atoms with van der Waals surface area (Å²) in [6, 6.07) is 0. The third kappa shape index (κ3) is 11.3. The lowest BCUT2D eigenvalue weighted by Crippen LogP contribution is -2.62. The Morgan fingerprint density at radius 2 is 1.19 bits per heavy atom. The van der Waals surface area contributed by atoms with E-state index in [4.69, 9.17) is 37.3 Å². The molecule has 208 valence electrons. The highest BCUT2D eigenvalue weighted by Gasteiger charge is 2.54. The van der Waals surface area contributed by atoms with Gasteiger partial charge < -0.3 is 23.7 Å². The van der Waals surface area contributed by atoms with Crippen LogP contribution in [0.5, 0.6) is 0 Å². The quantitative estimate of drug-likeness (QED) is 0.129. The molecule has 0 radical (unpaired) electrons. The molecule has 0 aliphatic carbocycles. The van der Waals surface area contributed by atoms with Crippen LogP contribution in [-0.4, -0.2) is 74.4 Å². The van der Waals surface area contributed by atoms with Gasteiger partial charge in [-0.15, -0.1) is 0 Å². The summed E-state index contributed by atoms with van der Waals surface area (Å²) >= 11 is 0. The highest BCUT2D eigenvalue weighted by Crippen LogP contribution is 2.52. The Balaban J connectivity index is 3.42. The summed E-state index contributed by atoms with van der Waals surface area (Å²) in [5.74, 6) is -3.06. The Hall–Kier alpha value is -2.05. The maximum absolute atomic E-state index is 13.5. The summed E-state index contributed by atoms with van der Waals surface area (Å²) in [6.45, 7) is 7.90. The first-order chi connectivity index (χ1) is 16.9. The molecule has 14 heteroatoms. The predicted molar refractivity (Wildman–Crippen MR) is 122 cm³/mol. The van der Waals surface area contributed by atoms with Crippen molar-refractivity contribution in [2.75, 3.05) is 19.8 Å². The van der Waals surface area contributed by atoms with E-state index in [1.807, 2.05) is 13.8 Å². The number of carbonyl (C=O) groups excluding carboxylic acids is 4. The molecule has 0 N–H and O–H groups in total. The molecule has 0 saturated carbocycles. The Bertz CT molecular complexity index is 772. The first kappa shape index (κ1) is 32.0. The first-order valence-electron chi connectivity index (χ1n) is 11.8. The van der Waals surface area contributed by atoms with E-state index in [0.29, 0.717) is 12.8 Å². The summed E-state index contributed by atoms with van der Waals surface area (Å²) in [4.78, 5) is 47.1. The lowest BCUT2D eigenvalue weighted by Gasteiger charge is -2.44. The number of hydrogen-bond donors (Lipinski definition) is 0. The van der Waals surface area contributed by atoms with E-state index in [1.54, 1.807) is 0 Å². The van der Waals surface area contributed by atoms with Crippen LogP contribution in [0.3, 0.4) is 0 Å². The van der Waals surface area contributed by atoms with Gasteiger partial charge in [0.25, 0.3) is 0 Å². The molecule has 0 unspecified atom stereocenters. The molecule has 1 saturated heterocycles. The van der Waals surface area contributed by atoms with Gasteiger partial charge in [0.05, 0.1) is 13.2 Å². The maximum atomic E-state index is 13.5. The minimum absolute atomic E-state index is 0.0468. The fourth-order valence-corrected chi connectivity index (χ4v) is 4.47. The van der Waals surface area contributed by atoms with Crippen molar-refractivity contribution in [1.82, 2.24) is 0 Å². The third-order valence-corrected chi connectivity index (χ3v) is 6.14. The summed E-state index contributed by atoms with van der Waals surface area (Å²) in [7, 11) is -4.27. The number of phosphoric ester groups is 1. The SMILES string of the molecule is CCCCOP(=O)(OCCCC)O[C@@H]1O[C@H](COC(C)=O)[C@H](OC(C)=O)[C@H](OC(C)=O)[C@H]1OC(C)=O. The average Bonchev–Trinajstić information content (AvgIpc) is 2.76. The van der Waals surface area contributed by atoms with Crippen LogP contribution < -0.4 is 0 Å². The molecule has 1 heterocycles. The van der Waals surface area contributed by atoms with Crippen LogP contribution in [0.1, 0.15) is 67.2 Å². The monoisotopic (exact) mass is 540 g/mol. The molecule has 1 fully saturated rings. The lowest BCUT2D eigenvalue weighted by molar-refractivity contribution is -0.291. The van der Waals surface area contributed by atoms with Crippen molar-refractivity contribution in [2.24, 2.45) is 0 Å². The number of ether oxygens (including phenoxy) is 5. The molecular formula is C22H37O13P. The molecule has 5 atom stereocenters. The zero-order chi connectivity index (χ0) is 27.3. The normalized spacial score (nSPS) is 24.0. The van der Waals surface area contributed by atoms with Gasteiger partial charge >= 0.3 is 31.7 Å². The summed E-state index contributed by atoms with van der Waals surface area (Å²) in [5, 5.41) is 0. The molecule has 1 aliphatic rings. The molecule has 0 aromatic heterocycles. The molecule has 1 aliphatic heterocycles. The summed E-state index contributed by atoms with van der Waals surface area (Å²) in [6.07, 6.45) is -4.68. The molecule has 36 heavy (non-hydrogen) atoms. The molecule has 0 amide bonds. The fraction of sp³-hybridized carbons (Fsp3) is 0.818. The third-order valence-electron chi connectivity index (χ3n) is 4.68. The van der Waals surface area contributed by atoms with Crippen LogP contribution in [0.15, 0.2) is 0 Å². The second-order valence-electron chi connectivity index (χ2n) is 7.99. The van der Waals surface area contributed by atoms with E-state index in [0.717, 1.165) is 40.5 Å². The number of phosphoric acid groups is 1. The molecular weight excluding hydrogens is 503 g/mol. The molecule has 1 rings (SSSR count).